The molecule has 1 amide bonds. The minimum Gasteiger partial charge on any atom is -0.385 e. The third kappa shape index (κ3) is 4.78. The van der Waals surface area contributed by atoms with Gasteiger partial charge in [-0.3, -0.25) is 4.79 Å². The Balaban J connectivity index is 1.46. The van der Waals surface area contributed by atoms with Crippen LogP contribution in [0.4, 0.5) is 17.1 Å². The van der Waals surface area contributed by atoms with Crippen molar-refractivity contribution in [3.63, 3.8) is 0 Å². The Hall–Kier alpha value is -2.49. The summed E-state index contributed by atoms with van der Waals surface area (Å²) < 4.78 is 0. The Labute approximate surface area is 156 Å². The third-order valence-corrected chi connectivity index (χ3v) is 5.02. The lowest BCUT2D eigenvalue weighted by Gasteiger charge is -2.28. The zero-order valence-corrected chi connectivity index (χ0v) is 15.8. The van der Waals surface area contributed by atoms with Gasteiger partial charge in [-0.15, -0.1) is 0 Å². The average molecular weight is 351 g/mol. The number of rotatable bonds is 6. The SMILES string of the molecule is Cc1cccc(C)c1NC(=O)CCNc1ccc(N2CCCCC2)cc1. The number of piperidine rings is 1. The molecule has 0 unspecified atom stereocenters. The number of carbonyl (C=O) groups excluding carboxylic acids is 1. The van der Waals surface area contributed by atoms with Gasteiger partial charge in [0.05, 0.1) is 0 Å². The molecule has 0 saturated carbocycles. The fourth-order valence-corrected chi connectivity index (χ4v) is 3.48. The Kier molecular flexibility index (Phi) is 6.16. The smallest absolute Gasteiger partial charge is 0.226 e. The van der Waals surface area contributed by atoms with E-state index in [2.05, 4.69) is 39.8 Å². The van der Waals surface area contributed by atoms with E-state index in [0.717, 1.165) is 35.6 Å². The van der Waals surface area contributed by atoms with Crippen molar-refractivity contribution in [3.8, 4) is 0 Å². The molecule has 1 fully saturated rings. The molecule has 1 aliphatic heterocycles. The van der Waals surface area contributed by atoms with Crippen LogP contribution in [0.5, 0.6) is 0 Å². The van der Waals surface area contributed by atoms with Crippen LogP contribution in [0.2, 0.25) is 0 Å². The van der Waals surface area contributed by atoms with Crippen molar-refractivity contribution in [2.45, 2.75) is 39.5 Å². The van der Waals surface area contributed by atoms with Crippen LogP contribution in [0.3, 0.4) is 0 Å². The van der Waals surface area contributed by atoms with Crippen LogP contribution in [-0.4, -0.2) is 25.5 Å². The van der Waals surface area contributed by atoms with Crippen LogP contribution in [0.25, 0.3) is 0 Å². The first kappa shape index (κ1) is 18.3. The van der Waals surface area contributed by atoms with Crippen LogP contribution in [0, 0.1) is 13.8 Å². The van der Waals surface area contributed by atoms with E-state index in [4.69, 9.17) is 0 Å². The summed E-state index contributed by atoms with van der Waals surface area (Å²) in [4.78, 5) is 14.7. The predicted molar refractivity (Wildman–Crippen MR) is 110 cm³/mol. The molecule has 2 N–H and O–H groups in total. The Morgan fingerprint density at radius 2 is 1.62 bits per heavy atom. The van der Waals surface area contributed by atoms with Gasteiger partial charge in [-0.05, 0) is 68.5 Å². The zero-order chi connectivity index (χ0) is 18.4. The molecule has 4 nitrogen and oxygen atoms in total. The number of amides is 1. The quantitative estimate of drug-likeness (QED) is 0.790. The van der Waals surface area contributed by atoms with E-state index in [1.807, 2.05) is 32.0 Å². The summed E-state index contributed by atoms with van der Waals surface area (Å²) in [6.45, 7) is 6.98. The summed E-state index contributed by atoms with van der Waals surface area (Å²) >= 11 is 0. The molecule has 1 saturated heterocycles. The molecule has 1 aliphatic rings. The van der Waals surface area contributed by atoms with Crippen LogP contribution in [0.15, 0.2) is 42.5 Å². The van der Waals surface area contributed by atoms with E-state index in [1.165, 1.54) is 24.9 Å². The van der Waals surface area contributed by atoms with Crippen LogP contribution in [-0.2, 0) is 4.79 Å². The Morgan fingerprint density at radius 1 is 0.962 bits per heavy atom. The van der Waals surface area contributed by atoms with Gasteiger partial charge >= 0.3 is 0 Å². The highest BCUT2D eigenvalue weighted by Gasteiger charge is 2.10. The predicted octanol–water partition coefficient (Wildman–Crippen LogP) is 4.73. The molecule has 4 heteroatoms. The number of hydrogen-bond donors (Lipinski definition) is 2. The molecule has 0 atom stereocenters. The molecule has 2 aromatic rings. The van der Waals surface area contributed by atoms with Gasteiger partial charge in [-0.2, -0.15) is 0 Å². The highest BCUT2D eigenvalue weighted by Crippen LogP contribution is 2.22. The first-order valence-corrected chi connectivity index (χ1v) is 9.58. The van der Waals surface area contributed by atoms with Crippen LogP contribution >= 0.6 is 0 Å². The molecular formula is C22H29N3O. The van der Waals surface area contributed by atoms with Gasteiger partial charge in [0.15, 0.2) is 0 Å². The molecule has 0 aromatic heterocycles. The second kappa shape index (κ2) is 8.75. The van der Waals surface area contributed by atoms with Crippen molar-refractivity contribution in [1.29, 1.82) is 0 Å². The normalized spacial score (nSPS) is 14.2. The number of anilines is 3. The van der Waals surface area contributed by atoms with Gasteiger partial charge in [-0.1, -0.05) is 18.2 Å². The van der Waals surface area contributed by atoms with Gasteiger partial charge < -0.3 is 15.5 Å². The fourth-order valence-electron chi connectivity index (χ4n) is 3.48. The standard InChI is InChI=1S/C22H29N3O/c1-17-7-6-8-18(2)22(17)24-21(26)13-14-23-19-9-11-20(12-10-19)25-15-4-3-5-16-25/h6-12,23H,3-5,13-16H2,1-2H3,(H,24,26). The van der Waals surface area contributed by atoms with Crippen molar-refractivity contribution in [3.05, 3.63) is 53.6 Å². The summed E-state index contributed by atoms with van der Waals surface area (Å²) in [7, 11) is 0. The van der Waals surface area contributed by atoms with Crippen molar-refractivity contribution in [1.82, 2.24) is 0 Å². The summed E-state index contributed by atoms with van der Waals surface area (Å²) in [5.41, 5.74) is 5.48. The third-order valence-electron chi connectivity index (χ3n) is 5.02. The molecule has 1 heterocycles. The van der Waals surface area contributed by atoms with E-state index >= 15 is 0 Å². The second-order valence-electron chi connectivity index (χ2n) is 7.09. The average Bonchev–Trinajstić information content (AvgIpc) is 2.66. The molecule has 138 valence electrons. The van der Waals surface area contributed by atoms with Crippen molar-refractivity contribution in [2.75, 3.05) is 35.2 Å². The minimum absolute atomic E-state index is 0.0415. The molecule has 2 aromatic carbocycles. The highest BCUT2D eigenvalue weighted by molar-refractivity contribution is 5.92. The second-order valence-corrected chi connectivity index (χ2v) is 7.09. The zero-order valence-electron chi connectivity index (χ0n) is 15.8. The number of hydrogen-bond acceptors (Lipinski definition) is 3. The van der Waals surface area contributed by atoms with E-state index in [9.17, 15) is 4.79 Å². The molecule has 0 radical (unpaired) electrons. The first-order valence-electron chi connectivity index (χ1n) is 9.58. The molecular weight excluding hydrogens is 322 g/mol. The van der Waals surface area contributed by atoms with Crippen molar-refractivity contribution < 1.29 is 4.79 Å². The Morgan fingerprint density at radius 3 is 2.27 bits per heavy atom. The lowest BCUT2D eigenvalue weighted by molar-refractivity contribution is -0.115. The van der Waals surface area contributed by atoms with Gasteiger partial charge in [0, 0.05) is 43.1 Å². The summed E-state index contributed by atoms with van der Waals surface area (Å²) in [5.74, 6) is 0.0415. The topological polar surface area (TPSA) is 44.4 Å². The number of para-hydroxylation sites is 1. The number of nitrogens with zero attached hydrogens (tertiary/aromatic N) is 1. The Bertz CT molecular complexity index is 713. The lowest BCUT2D eigenvalue weighted by Crippen LogP contribution is -2.29. The number of nitrogens with one attached hydrogen (secondary N) is 2. The number of benzene rings is 2. The molecule has 0 aliphatic carbocycles. The summed E-state index contributed by atoms with van der Waals surface area (Å²) in [5, 5.41) is 6.37. The van der Waals surface area contributed by atoms with E-state index < -0.39 is 0 Å². The maximum absolute atomic E-state index is 12.2. The van der Waals surface area contributed by atoms with E-state index in [1.54, 1.807) is 0 Å². The maximum Gasteiger partial charge on any atom is 0.226 e. The minimum atomic E-state index is 0.0415. The van der Waals surface area contributed by atoms with E-state index in [-0.39, 0.29) is 5.91 Å². The highest BCUT2D eigenvalue weighted by atomic mass is 16.1. The number of aryl methyl sites for hydroxylation is 2. The maximum atomic E-state index is 12.2. The molecule has 26 heavy (non-hydrogen) atoms. The molecule has 0 bridgehead atoms. The van der Waals surface area contributed by atoms with E-state index in [0.29, 0.717) is 13.0 Å². The first-order chi connectivity index (χ1) is 12.6. The van der Waals surface area contributed by atoms with Gasteiger partial charge in [0.1, 0.15) is 0 Å². The van der Waals surface area contributed by atoms with Crippen molar-refractivity contribution in [2.24, 2.45) is 0 Å². The van der Waals surface area contributed by atoms with Crippen molar-refractivity contribution >= 4 is 23.0 Å². The summed E-state index contributed by atoms with van der Waals surface area (Å²) in [6.07, 6.45) is 4.37. The van der Waals surface area contributed by atoms with Gasteiger partial charge in [0.2, 0.25) is 5.91 Å². The largest absolute Gasteiger partial charge is 0.385 e. The molecule has 0 spiro atoms. The van der Waals surface area contributed by atoms with Gasteiger partial charge in [-0.25, -0.2) is 0 Å². The van der Waals surface area contributed by atoms with Gasteiger partial charge in [0.25, 0.3) is 0 Å². The fraction of sp³-hybridized carbons (Fsp3) is 0.409. The van der Waals surface area contributed by atoms with Crippen LogP contribution < -0.4 is 15.5 Å². The summed E-state index contributed by atoms with van der Waals surface area (Å²) in [6, 6.07) is 14.6. The lowest BCUT2D eigenvalue weighted by atomic mass is 10.1. The monoisotopic (exact) mass is 351 g/mol. The number of carbonyl (C=O) groups is 1. The van der Waals surface area contributed by atoms with Crippen LogP contribution in [0.1, 0.15) is 36.8 Å². The molecule has 3 rings (SSSR count).